The average Bonchev–Trinajstić information content (AvgIpc) is 2.46. The van der Waals surface area contributed by atoms with E-state index in [0.717, 1.165) is 24.1 Å². The van der Waals surface area contributed by atoms with Crippen molar-refractivity contribution < 1.29 is 14.7 Å². The predicted octanol–water partition coefficient (Wildman–Crippen LogP) is 2.74. The van der Waals surface area contributed by atoms with Crippen molar-refractivity contribution in [1.82, 2.24) is 4.90 Å². The minimum absolute atomic E-state index is 0.0561. The number of nitrogens with zero attached hydrogens (tertiary/aromatic N) is 2. The third kappa shape index (κ3) is 3.74. The smallest absolute Gasteiger partial charge is 0.324 e. The molecule has 5 heteroatoms. The Kier molecular flexibility index (Phi) is 4.83. The zero-order chi connectivity index (χ0) is 15.4. The van der Waals surface area contributed by atoms with E-state index < -0.39 is 5.97 Å². The van der Waals surface area contributed by atoms with Crippen LogP contribution in [0.15, 0.2) is 24.3 Å². The largest absolute Gasteiger partial charge is 0.481 e. The van der Waals surface area contributed by atoms with E-state index in [2.05, 4.69) is 0 Å². The molecule has 1 aliphatic heterocycles. The van der Waals surface area contributed by atoms with Crippen LogP contribution in [-0.2, 0) is 4.79 Å². The summed E-state index contributed by atoms with van der Waals surface area (Å²) in [6, 6.07) is 7.70. The van der Waals surface area contributed by atoms with E-state index in [9.17, 15) is 9.59 Å². The quantitative estimate of drug-likeness (QED) is 0.931. The molecule has 1 atom stereocenters. The minimum atomic E-state index is -0.790. The number of carboxylic acids is 1. The molecular formula is C16H22N2O3. The van der Waals surface area contributed by atoms with Crippen molar-refractivity contribution in [2.75, 3.05) is 25.0 Å². The van der Waals surface area contributed by atoms with Gasteiger partial charge in [-0.15, -0.1) is 0 Å². The van der Waals surface area contributed by atoms with Gasteiger partial charge in [0.2, 0.25) is 0 Å². The lowest BCUT2D eigenvalue weighted by molar-refractivity contribution is -0.138. The Labute approximate surface area is 125 Å². The second-order valence-corrected chi connectivity index (χ2v) is 5.68. The summed E-state index contributed by atoms with van der Waals surface area (Å²) >= 11 is 0. The fourth-order valence-corrected chi connectivity index (χ4v) is 2.91. The Hall–Kier alpha value is -2.04. The van der Waals surface area contributed by atoms with Crippen LogP contribution in [0, 0.1) is 12.8 Å². The van der Waals surface area contributed by atoms with Crippen molar-refractivity contribution in [1.29, 1.82) is 0 Å². The SMILES string of the molecule is Cc1ccccc1N(C)C(=O)N1CCCC(CC(=O)O)C1. The number of hydrogen-bond donors (Lipinski definition) is 1. The highest BCUT2D eigenvalue weighted by molar-refractivity contribution is 5.92. The zero-order valence-electron chi connectivity index (χ0n) is 12.6. The molecule has 1 fully saturated rings. The first-order chi connectivity index (χ1) is 9.99. The lowest BCUT2D eigenvalue weighted by Crippen LogP contribution is -2.46. The molecule has 21 heavy (non-hydrogen) atoms. The summed E-state index contributed by atoms with van der Waals surface area (Å²) in [6.07, 6.45) is 1.88. The first-order valence-corrected chi connectivity index (χ1v) is 7.29. The molecule has 0 radical (unpaired) electrons. The Morgan fingerprint density at radius 2 is 2.10 bits per heavy atom. The standard InChI is InChI=1S/C16H22N2O3/c1-12-6-3-4-8-14(12)17(2)16(21)18-9-5-7-13(11-18)10-15(19)20/h3-4,6,8,13H,5,7,9-11H2,1-2H3,(H,19,20). The van der Waals surface area contributed by atoms with Crippen LogP contribution in [-0.4, -0.2) is 42.1 Å². The maximum Gasteiger partial charge on any atom is 0.324 e. The normalized spacial score (nSPS) is 18.4. The number of piperidine rings is 1. The van der Waals surface area contributed by atoms with E-state index in [1.165, 1.54) is 0 Å². The molecule has 5 nitrogen and oxygen atoms in total. The van der Waals surface area contributed by atoms with Crippen LogP contribution in [0.3, 0.4) is 0 Å². The Bertz CT molecular complexity index is 530. The maximum atomic E-state index is 12.6. The van der Waals surface area contributed by atoms with Crippen LogP contribution in [0.4, 0.5) is 10.5 Å². The second-order valence-electron chi connectivity index (χ2n) is 5.68. The number of amides is 2. The maximum absolute atomic E-state index is 12.6. The van der Waals surface area contributed by atoms with E-state index in [1.807, 2.05) is 31.2 Å². The fourth-order valence-electron chi connectivity index (χ4n) is 2.91. The number of carbonyl (C=O) groups excluding carboxylic acids is 1. The summed E-state index contributed by atoms with van der Waals surface area (Å²) in [5.41, 5.74) is 1.94. The molecule has 2 amide bonds. The Balaban J connectivity index is 2.05. The molecule has 0 spiro atoms. The van der Waals surface area contributed by atoms with Crippen LogP contribution in [0.25, 0.3) is 0 Å². The topological polar surface area (TPSA) is 60.9 Å². The fraction of sp³-hybridized carbons (Fsp3) is 0.500. The molecule has 1 aromatic rings. The highest BCUT2D eigenvalue weighted by atomic mass is 16.4. The van der Waals surface area contributed by atoms with Crippen LogP contribution < -0.4 is 4.90 Å². The van der Waals surface area contributed by atoms with Crippen molar-refractivity contribution in [2.24, 2.45) is 5.92 Å². The van der Waals surface area contributed by atoms with Crippen LogP contribution in [0.2, 0.25) is 0 Å². The number of benzene rings is 1. The summed E-state index contributed by atoms with van der Waals surface area (Å²) in [5, 5.41) is 8.90. The molecule has 1 saturated heterocycles. The van der Waals surface area contributed by atoms with Gasteiger partial charge in [-0.25, -0.2) is 4.79 Å². The van der Waals surface area contributed by atoms with Gasteiger partial charge in [0.25, 0.3) is 0 Å². The number of carbonyl (C=O) groups is 2. The van der Waals surface area contributed by atoms with E-state index in [-0.39, 0.29) is 18.4 Å². The molecule has 0 aliphatic carbocycles. The van der Waals surface area contributed by atoms with Gasteiger partial charge in [0.05, 0.1) is 0 Å². The van der Waals surface area contributed by atoms with E-state index in [1.54, 1.807) is 16.8 Å². The van der Waals surface area contributed by atoms with E-state index >= 15 is 0 Å². The molecule has 2 rings (SSSR count). The molecule has 1 aliphatic rings. The van der Waals surface area contributed by atoms with E-state index in [0.29, 0.717) is 13.1 Å². The lowest BCUT2D eigenvalue weighted by atomic mass is 9.95. The van der Waals surface area contributed by atoms with Crippen LogP contribution >= 0.6 is 0 Å². The molecular weight excluding hydrogens is 268 g/mol. The van der Waals surface area contributed by atoms with Crippen molar-refractivity contribution in [2.45, 2.75) is 26.2 Å². The molecule has 0 saturated carbocycles. The van der Waals surface area contributed by atoms with Crippen LogP contribution in [0.5, 0.6) is 0 Å². The number of hydrogen-bond acceptors (Lipinski definition) is 2. The molecule has 0 bridgehead atoms. The molecule has 1 N–H and O–H groups in total. The van der Waals surface area contributed by atoms with Crippen molar-refractivity contribution in [3.8, 4) is 0 Å². The van der Waals surface area contributed by atoms with Gasteiger partial charge >= 0.3 is 12.0 Å². The number of aryl methyl sites for hydroxylation is 1. The van der Waals surface area contributed by atoms with Crippen LogP contribution in [0.1, 0.15) is 24.8 Å². The van der Waals surface area contributed by atoms with Crippen molar-refractivity contribution in [3.63, 3.8) is 0 Å². The first-order valence-electron chi connectivity index (χ1n) is 7.29. The third-order valence-electron chi connectivity index (χ3n) is 4.02. The highest BCUT2D eigenvalue weighted by Gasteiger charge is 2.27. The van der Waals surface area contributed by atoms with Gasteiger partial charge in [0.15, 0.2) is 0 Å². The van der Waals surface area contributed by atoms with Crippen molar-refractivity contribution >= 4 is 17.7 Å². The Morgan fingerprint density at radius 1 is 1.38 bits per heavy atom. The monoisotopic (exact) mass is 290 g/mol. The summed E-state index contributed by atoms with van der Waals surface area (Å²) < 4.78 is 0. The second kappa shape index (κ2) is 6.61. The van der Waals surface area contributed by atoms with Gasteiger partial charge in [0, 0.05) is 32.2 Å². The third-order valence-corrected chi connectivity index (χ3v) is 4.02. The number of carboxylic acid groups (broad SMARTS) is 1. The van der Waals surface area contributed by atoms with Gasteiger partial charge in [-0.05, 0) is 37.3 Å². The average molecular weight is 290 g/mol. The van der Waals surface area contributed by atoms with E-state index in [4.69, 9.17) is 5.11 Å². The molecule has 1 unspecified atom stereocenters. The summed E-state index contributed by atoms with van der Waals surface area (Å²) in [7, 11) is 1.77. The number of likely N-dealkylation sites (tertiary alicyclic amines) is 1. The number of rotatable bonds is 3. The first kappa shape index (κ1) is 15.4. The summed E-state index contributed by atoms with van der Waals surface area (Å²) in [5.74, 6) is -0.730. The van der Waals surface area contributed by atoms with Gasteiger partial charge < -0.3 is 10.0 Å². The minimum Gasteiger partial charge on any atom is -0.481 e. The predicted molar refractivity (Wildman–Crippen MR) is 81.5 cm³/mol. The molecule has 1 aromatic carbocycles. The summed E-state index contributed by atoms with van der Waals surface area (Å²) in [6.45, 7) is 3.20. The Morgan fingerprint density at radius 3 is 2.76 bits per heavy atom. The van der Waals surface area contributed by atoms with Gasteiger partial charge in [-0.1, -0.05) is 18.2 Å². The van der Waals surface area contributed by atoms with Gasteiger partial charge in [-0.3, -0.25) is 9.69 Å². The number of urea groups is 1. The van der Waals surface area contributed by atoms with Gasteiger partial charge in [0.1, 0.15) is 0 Å². The molecule has 114 valence electrons. The highest BCUT2D eigenvalue weighted by Crippen LogP contribution is 2.23. The number of anilines is 1. The van der Waals surface area contributed by atoms with Gasteiger partial charge in [-0.2, -0.15) is 0 Å². The summed E-state index contributed by atoms with van der Waals surface area (Å²) in [4.78, 5) is 26.8. The lowest BCUT2D eigenvalue weighted by Gasteiger charge is -2.35. The van der Waals surface area contributed by atoms with Crippen molar-refractivity contribution in [3.05, 3.63) is 29.8 Å². The zero-order valence-corrected chi connectivity index (χ0v) is 12.6. The number of para-hydroxylation sites is 1. The molecule has 1 heterocycles. The number of aliphatic carboxylic acids is 1. The molecule has 0 aromatic heterocycles.